The molecule has 0 bridgehead atoms. The molecule has 0 aliphatic carbocycles. The Balaban J connectivity index is 2.45. The van der Waals surface area contributed by atoms with Crippen molar-refractivity contribution in [1.82, 2.24) is 5.43 Å². The van der Waals surface area contributed by atoms with E-state index in [0.29, 0.717) is 5.58 Å². The highest BCUT2D eigenvalue weighted by Crippen LogP contribution is 2.25. The van der Waals surface area contributed by atoms with E-state index in [4.69, 9.17) is 4.42 Å². The van der Waals surface area contributed by atoms with Crippen LogP contribution in [0.5, 0.6) is 0 Å². The second-order valence-corrected chi connectivity index (χ2v) is 2.99. The summed E-state index contributed by atoms with van der Waals surface area (Å²) in [7, 11) is 0. The zero-order chi connectivity index (χ0) is 9.54. The van der Waals surface area contributed by atoms with Gasteiger partial charge < -0.3 is 4.42 Å². The summed E-state index contributed by atoms with van der Waals surface area (Å²) in [5.74, 6) is -0.139. The monoisotopic (exact) mass is 185 g/mol. The van der Waals surface area contributed by atoms with Crippen LogP contribution in [-0.4, -0.2) is 12.1 Å². The summed E-state index contributed by atoms with van der Waals surface area (Å²) < 4.78 is 5.37. The van der Waals surface area contributed by atoms with Crippen LogP contribution < -0.4 is 5.43 Å². The number of amides is 1. The molecule has 0 saturated heterocycles. The van der Waals surface area contributed by atoms with E-state index < -0.39 is 5.91 Å². The molecule has 0 saturated carbocycles. The Morgan fingerprint density at radius 1 is 1.21 bits per heavy atom. The van der Waals surface area contributed by atoms with Gasteiger partial charge in [0.2, 0.25) is 5.76 Å². The van der Waals surface area contributed by atoms with Crippen LogP contribution in [0.25, 0.3) is 11.0 Å². The Kier molecular flexibility index (Phi) is 1.28. The third-order valence-electron chi connectivity index (χ3n) is 2.16. The first-order valence-corrected chi connectivity index (χ1v) is 4.16. The molecule has 0 atom stereocenters. The van der Waals surface area contributed by atoms with E-state index in [1.165, 1.54) is 0 Å². The van der Waals surface area contributed by atoms with Crippen LogP contribution in [0.4, 0.5) is 0 Å². The first-order chi connectivity index (χ1) is 6.86. The number of hydrogen-bond donors (Lipinski definition) is 0. The molecule has 1 aromatic carbocycles. The van der Waals surface area contributed by atoms with Crippen LogP contribution in [0.2, 0.25) is 0 Å². The van der Waals surface area contributed by atoms with Gasteiger partial charge in [0.15, 0.2) is 0 Å². The molecule has 4 heteroatoms. The average molecular weight is 185 g/mol. The Morgan fingerprint density at radius 2 is 2.07 bits per heavy atom. The molecule has 2 aromatic rings. The lowest BCUT2D eigenvalue weighted by atomic mass is 10.1. The van der Waals surface area contributed by atoms with Crippen molar-refractivity contribution in [2.45, 2.75) is 0 Å². The molecule has 1 aliphatic heterocycles. The molecule has 0 fully saturated rings. The fourth-order valence-electron chi connectivity index (χ4n) is 1.54. The Hall–Kier alpha value is -2.10. The smallest absolute Gasteiger partial charge is 0.331 e. The van der Waals surface area contributed by atoms with Gasteiger partial charge >= 0.3 is 5.91 Å². The number of benzene rings is 1. The van der Waals surface area contributed by atoms with Gasteiger partial charge in [-0.15, -0.1) is 5.43 Å². The minimum atomic E-state index is -0.418. The predicted molar refractivity (Wildman–Crippen MR) is 50.3 cm³/mol. The first kappa shape index (κ1) is 7.32. The van der Waals surface area contributed by atoms with Gasteiger partial charge in [-0.3, -0.25) is 4.79 Å². The zero-order valence-corrected chi connectivity index (χ0v) is 7.10. The minimum absolute atomic E-state index is 0.279. The van der Waals surface area contributed by atoms with Crippen molar-refractivity contribution < 1.29 is 9.21 Å². The van der Waals surface area contributed by atoms with Crippen molar-refractivity contribution in [2.24, 2.45) is 5.10 Å². The van der Waals surface area contributed by atoms with Gasteiger partial charge in [-0.25, -0.2) is 0 Å². The quantitative estimate of drug-likeness (QED) is 0.624. The number of nitrogens with zero attached hydrogens (tertiary/aromatic N) is 2. The molecule has 3 rings (SSSR count). The van der Waals surface area contributed by atoms with Crippen LogP contribution in [0.1, 0.15) is 16.1 Å². The normalized spacial score (nSPS) is 14.1. The predicted octanol–water partition coefficient (Wildman–Crippen LogP) is 1.52. The minimum Gasteiger partial charge on any atom is -0.450 e. The van der Waals surface area contributed by atoms with Gasteiger partial charge in [0.05, 0.1) is 11.8 Å². The van der Waals surface area contributed by atoms with Crippen LogP contribution in [-0.2, 0) is 0 Å². The standard InChI is InChI=1S/C10H5N2O2/c13-10-9-7(5-11-12-10)6-3-1-2-4-8(6)14-9/h1-5H. The second kappa shape index (κ2) is 2.45. The number of rotatable bonds is 0. The summed E-state index contributed by atoms with van der Waals surface area (Å²) in [6.07, 6.45) is 1.54. The van der Waals surface area contributed by atoms with E-state index in [0.717, 1.165) is 10.9 Å². The lowest BCUT2D eigenvalue weighted by molar-refractivity contribution is 0.0922. The number of carbonyl (C=O) groups is 1. The van der Waals surface area contributed by atoms with Crippen molar-refractivity contribution in [3.63, 3.8) is 0 Å². The largest absolute Gasteiger partial charge is 0.450 e. The van der Waals surface area contributed by atoms with E-state index in [2.05, 4.69) is 10.5 Å². The van der Waals surface area contributed by atoms with Gasteiger partial charge in [0.25, 0.3) is 0 Å². The molecule has 14 heavy (non-hydrogen) atoms. The fraction of sp³-hybridized carbons (Fsp3) is 0. The summed E-state index contributed by atoms with van der Waals surface area (Å²) in [6, 6.07) is 7.45. The molecule has 0 unspecified atom stereocenters. The summed E-state index contributed by atoms with van der Waals surface area (Å²) in [5, 5.41) is 4.51. The van der Waals surface area contributed by atoms with Crippen molar-refractivity contribution >= 4 is 23.1 Å². The number of hydrogen-bond acceptors (Lipinski definition) is 3. The highest BCUT2D eigenvalue weighted by molar-refractivity contribution is 6.11. The van der Waals surface area contributed by atoms with Crippen molar-refractivity contribution in [3.8, 4) is 0 Å². The number of furan rings is 1. The second-order valence-electron chi connectivity index (χ2n) is 2.99. The highest BCUT2D eigenvalue weighted by Gasteiger charge is 2.22. The summed E-state index contributed by atoms with van der Waals surface area (Å²) in [4.78, 5) is 11.3. The number of para-hydroxylation sites is 1. The van der Waals surface area contributed by atoms with Crippen LogP contribution >= 0.6 is 0 Å². The molecule has 0 spiro atoms. The molecular weight excluding hydrogens is 180 g/mol. The van der Waals surface area contributed by atoms with Crippen molar-refractivity contribution in [1.29, 1.82) is 0 Å². The average Bonchev–Trinajstić information content (AvgIpc) is 2.59. The maximum atomic E-state index is 11.3. The summed E-state index contributed by atoms with van der Waals surface area (Å²) in [6.45, 7) is 0. The van der Waals surface area contributed by atoms with E-state index in [1.54, 1.807) is 6.21 Å². The van der Waals surface area contributed by atoms with Crippen LogP contribution in [0.15, 0.2) is 33.8 Å². The molecule has 67 valence electrons. The van der Waals surface area contributed by atoms with Gasteiger partial charge in [0, 0.05) is 5.39 Å². The van der Waals surface area contributed by atoms with Gasteiger partial charge in [0.1, 0.15) is 5.58 Å². The molecule has 0 N–H and O–H groups in total. The first-order valence-electron chi connectivity index (χ1n) is 4.16. The Bertz CT molecular complexity index is 554. The Morgan fingerprint density at radius 3 is 3.00 bits per heavy atom. The molecule has 4 nitrogen and oxygen atoms in total. The zero-order valence-electron chi connectivity index (χ0n) is 7.10. The summed E-state index contributed by atoms with van der Waals surface area (Å²) in [5.41, 5.74) is 4.82. The molecular formula is C10H5N2O2. The van der Waals surface area contributed by atoms with E-state index in [1.807, 2.05) is 24.3 Å². The van der Waals surface area contributed by atoms with Crippen LogP contribution in [0.3, 0.4) is 0 Å². The molecule has 1 amide bonds. The van der Waals surface area contributed by atoms with Crippen molar-refractivity contribution in [3.05, 3.63) is 35.6 Å². The van der Waals surface area contributed by atoms with Gasteiger partial charge in [-0.2, -0.15) is 5.10 Å². The maximum absolute atomic E-state index is 11.3. The van der Waals surface area contributed by atoms with Gasteiger partial charge in [-0.05, 0) is 6.07 Å². The number of carbonyl (C=O) groups excluding carboxylic acids is 1. The molecule has 1 aliphatic rings. The van der Waals surface area contributed by atoms with E-state index >= 15 is 0 Å². The van der Waals surface area contributed by atoms with Crippen LogP contribution in [0, 0.1) is 0 Å². The highest BCUT2D eigenvalue weighted by atomic mass is 16.3. The molecule has 2 heterocycles. The van der Waals surface area contributed by atoms with Gasteiger partial charge in [-0.1, -0.05) is 18.2 Å². The fourth-order valence-corrected chi connectivity index (χ4v) is 1.54. The lowest BCUT2D eigenvalue weighted by Gasteiger charge is -1.98. The SMILES string of the molecule is O=C1[N]N=Cc2c1oc1ccccc21. The third kappa shape index (κ3) is 0.821. The molecule has 1 aromatic heterocycles. The topological polar surface area (TPSA) is 56.7 Å². The maximum Gasteiger partial charge on any atom is 0.331 e. The van der Waals surface area contributed by atoms with E-state index in [9.17, 15) is 4.79 Å². The third-order valence-corrected chi connectivity index (χ3v) is 2.16. The molecule has 1 radical (unpaired) electrons. The summed E-state index contributed by atoms with van der Waals surface area (Å²) >= 11 is 0. The Labute approximate surface area is 79.2 Å². The lowest BCUT2D eigenvalue weighted by Crippen LogP contribution is -2.15. The number of fused-ring (bicyclic) bond motifs is 3. The van der Waals surface area contributed by atoms with Crippen molar-refractivity contribution in [2.75, 3.05) is 0 Å². The van der Waals surface area contributed by atoms with E-state index in [-0.39, 0.29) is 5.76 Å².